The third-order valence-electron chi connectivity index (χ3n) is 5.77. The molecule has 4 rings (SSSR count). The number of hydrogen-bond acceptors (Lipinski definition) is 3. The van der Waals surface area contributed by atoms with Crippen molar-refractivity contribution in [1.29, 1.82) is 5.26 Å². The second kappa shape index (κ2) is 8.26. The Balaban J connectivity index is 1.84. The first-order chi connectivity index (χ1) is 14.8. The number of allylic oxidation sites excluding steroid dienone is 1. The van der Waals surface area contributed by atoms with E-state index in [1.165, 1.54) is 9.80 Å². The van der Waals surface area contributed by atoms with Crippen LogP contribution in [0.1, 0.15) is 30.4 Å². The van der Waals surface area contributed by atoms with Gasteiger partial charge in [-0.05, 0) is 55.2 Å². The summed E-state index contributed by atoms with van der Waals surface area (Å²) in [6.07, 6.45) is 4.68. The van der Waals surface area contributed by atoms with Gasteiger partial charge in [-0.15, -0.1) is 0 Å². The minimum atomic E-state index is -1.08. The molecular weight excluding hydrogens is 437 g/mol. The second-order valence-corrected chi connectivity index (χ2v) is 8.60. The molecule has 1 N–H and O–H groups in total. The Hall–Kier alpha value is -3.01. The maximum Gasteiger partial charge on any atom is 0.330 e. The molecule has 1 aliphatic carbocycles. The van der Waals surface area contributed by atoms with Crippen LogP contribution in [-0.2, 0) is 11.2 Å². The molecule has 0 bridgehead atoms. The van der Waals surface area contributed by atoms with Crippen LogP contribution in [-0.4, -0.2) is 34.1 Å². The summed E-state index contributed by atoms with van der Waals surface area (Å²) in [4.78, 5) is 28.2. The first-order valence-electron chi connectivity index (χ1n) is 9.83. The molecule has 1 unspecified atom stereocenters. The van der Waals surface area contributed by atoms with E-state index in [1.54, 1.807) is 30.3 Å². The highest BCUT2D eigenvalue weighted by Gasteiger charge is 2.55. The lowest BCUT2D eigenvalue weighted by atomic mass is 9.78. The second-order valence-electron chi connectivity index (χ2n) is 7.72. The summed E-state index contributed by atoms with van der Waals surface area (Å²) in [7, 11) is 0. The topological polar surface area (TPSA) is 84.6 Å². The van der Waals surface area contributed by atoms with E-state index in [0.717, 1.165) is 24.1 Å². The number of anilines is 1. The quantitative estimate of drug-likeness (QED) is 0.667. The Morgan fingerprint density at radius 1 is 1.16 bits per heavy atom. The monoisotopic (exact) mass is 455 g/mol. The fourth-order valence-corrected chi connectivity index (χ4v) is 5.03. The highest BCUT2D eigenvalue weighted by atomic mass is 35.5. The normalized spacial score (nSPS) is 20.3. The number of carboxylic acid groups (broad SMARTS) is 1. The summed E-state index contributed by atoms with van der Waals surface area (Å²) < 4.78 is 0. The largest absolute Gasteiger partial charge is 0.480 e. The Morgan fingerprint density at radius 2 is 1.84 bits per heavy atom. The highest BCUT2D eigenvalue weighted by molar-refractivity contribution is 6.35. The predicted molar refractivity (Wildman–Crippen MR) is 118 cm³/mol. The van der Waals surface area contributed by atoms with Crippen LogP contribution in [0.5, 0.6) is 0 Å². The van der Waals surface area contributed by atoms with Crippen molar-refractivity contribution in [2.24, 2.45) is 0 Å². The van der Waals surface area contributed by atoms with Crippen molar-refractivity contribution < 1.29 is 14.7 Å². The van der Waals surface area contributed by atoms with E-state index in [-0.39, 0.29) is 0 Å². The molecule has 2 amide bonds. The molecule has 0 spiro atoms. The van der Waals surface area contributed by atoms with Crippen LogP contribution in [0.15, 0.2) is 54.2 Å². The molecule has 31 heavy (non-hydrogen) atoms. The van der Waals surface area contributed by atoms with Gasteiger partial charge in [0, 0.05) is 16.5 Å². The number of rotatable bonds is 5. The SMILES string of the molecule is N#Cc1ccc(CC23CCCC=C2N(c2cc(Cl)cc(Cl)c2)C(=O)N3CC(=O)O)cc1. The minimum Gasteiger partial charge on any atom is -0.480 e. The summed E-state index contributed by atoms with van der Waals surface area (Å²) in [6.45, 7) is -0.419. The molecule has 8 heteroatoms. The maximum atomic E-state index is 13.5. The molecule has 1 aliphatic heterocycles. The average Bonchev–Trinajstić information content (AvgIpc) is 2.95. The molecule has 0 saturated carbocycles. The Bertz CT molecular complexity index is 1100. The fraction of sp³-hybridized carbons (Fsp3) is 0.261. The van der Waals surface area contributed by atoms with Gasteiger partial charge in [-0.2, -0.15) is 5.26 Å². The van der Waals surface area contributed by atoms with Crippen LogP contribution in [0.2, 0.25) is 10.0 Å². The molecule has 1 atom stereocenters. The van der Waals surface area contributed by atoms with Gasteiger partial charge < -0.3 is 10.0 Å². The number of nitriles is 1. The number of nitrogens with zero attached hydrogens (tertiary/aromatic N) is 3. The van der Waals surface area contributed by atoms with E-state index in [9.17, 15) is 14.7 Å². The van der Waals surface area contributed by atoms with Crippen molar-refractivity contribution in [3.63, 3.8) is 0 Å². The zero-order chi connectivity index (χ0) is 22.2. The average molecular weight is 456 g/mol. The number of fused-ring (bicyclic) bond motifs is 1. The van der Waals surface area contributed by atoms with Crippen molar-refractivity contribution in [2.75, 3.05) is 11.4 Å². The van der Waals surface area contributed by atoms with Crippen molar-refractivity contribution in [3.05, 3.63) is 75.4 Å². The molecule has 1 saturated heterocycles. The first kappa shape index (κ1) is 21.2. The van der Waals surface area contributed by atoms with Crippen molar-refractivity contribution in [3.8, 4) is 6.07 Å². The molecule has 0 radical (unpaired) electrons. The number of benzene rings is 2. The number of hydrogen-bond donors (Lipinski definition) is 1. The summed E-state index contributed by atoms with van der Waals surface area (Å²) in [5.74, 6) is -1.08. The maximum absolute atomic E-state index is 13.5. The van der Waals surface area contributed by atoms with Gasteiger partial charge in [-0.3, -0.25) is 9.69 Å². The van der Waals surface area contributed by atoms with Crippen LogP contribution >= 0.6 is 23.2 Å². The molecule has 2 aromatic carbocycles. The first-order valence-corrected chi connectivity index (χ1v) is 10.6. The molecule has 6 nitrogen and oxygen atoms in total. The van der Waals surface area contributed by atoms with Crippen LogP contribution in [0, 0.1) is 11.3 Å². The molecular formula is C23H19Cl2N3O3. The summed E-state index contributed by atoms with van der Waals surface area (Å²) in [5.41, 5.74) is 1.90. The van der Waals surface area contributed by atoms with Gasteiger partial charge in [0.1, 0.15) is 6.54 Å². The zero-order valence-electron chi connectivity index (χ0n) is 16.5. The van der Waals surface area contributed by atoms with Crippen LogP contribution in [0.25, 0.3) is 0 Å². The van der Waals surface area contributed by atoms with Crippen molar-refractivity contribution in [1.82, 2.24) is 4.90 Å². The van der Waals surface area contributed by atoms with Gasteiger partial charge in [0.25, 0.3) is 0 Å². The van der Waals surface area contributed by atoms with Crippen molar-refractivity contribution in [2.45, 2.75) is 31.2 Å². The Kier molecular flexibility index (Phi) is 5.65. The molecule has 158 valence electrons. The predicted octanol–water partition coefficient (Wildman–Crippen LogP) is 5.24. The number of halogens is 2. The van der Waals surface area contributed by atoms with Gasteiger partial charge in [0.05, 0.1) is 28.6 Å². The van der Waals surface area contributed by atoms with Gasteiger partial charge in [0.2, 0.25) is 0 Å². The molecule has 1 fully saturated rings. The number of carbonyl (C=O) groups is 2. The molecule has 1 heterocycles. The van der Waals surface area contributed by atoms with E-state index in [0.29, 0.717) is 34.1 Å². The summed E-state index contributed by atoms with van der Waals surface area (Å²) in [6, 6.07) is 13.7. The van der Waals surface area contributed by atoms with E-state index < -0.39 is 24.1 Å². The zero-order valence-corrected chi connectivity index (χ0v) is 18.0. The van der Waals surface area contributed by atoms with Crippen LogP contribution in [0.4, 0.5) is 10.5 Å². The van der Waals surface area contributed by atoms with E-state index in [4.69, 9.17) is 28.5 Å². The number of carbonyl (C=O) groups excluding carboxylic acids is 1. The van der Waals surface area contributed by atoms with E-state index >= 15 is 0 Å². The Labute approximate surface area is 189 Å². The lowest BCUT2D eigenvalue weighted by Gasteiger charge is -2.39. The van der Waals surface area contributed by atoms with Gasteiger partial charge >= 0.3 is 12.0 Å². The Morgan fingerprint density at radius 3 is 2.45 bits per heavy atom. The van der Waals surface area contributed by atoms with Gasteiger partial charge in [-0.25, -0.2) is 4.79 Å². The summed E-state index contributed by atoms with van der Waals surface area (Å²) >= 11 is 12.4. The van der Waals surface area contributed by atoms with Gasteiger partial charge in [0.15, 0.2) is 0 Å². The van der Waals surface area contributed by atoms with E-state index in [2.05, 4.69) is 6.07 Å². The molecule has 2 aromatic rings. The van der Waals surface area contributed by atoms with Gasteiger partial charge in [-0.1, -0.05) is 41.4 Å². The lowest BCUT2D eigenvalue weighted by molar-refractivity contribution is -0.138. The standard InChI is InChI=1S/C23H19Cl2N3O3/c24-17-9-18(25)11-19(10-17)28-20-3-1-2-8-23(20,27(22(28)31)14-21(29)30)12-15-4-6-16(13-26)7-5-15/h3-7,9-11H,1-2,8,12,14H2,(H,29,30). The number of aliphatic carboxylic acids is 1. The van der Waals surface area contributed by atoms with E-state index in [1.807, 2.05) is 18.2 Å². The summed E-state index contributed by atoms with van der Waals surface area (Å²) in [5, 5.41) is 19.4. The third kappa shape index (κ3) is 3.87. The van der Waals surface area contributed by atoms with Crippen LogP contribution < -0.4 is 4.90 Å². The van der Waals surface area contributed by atoms with Crippen molar-refractivity contribution >= 4 is 40.9 Å². The fourth-order valence-electron chi connectivity index (χ4n) is 4.51. The number of carboxylic acids is 1. The molecule has 2 aliphatic rings. The smallest absolute Gasteiger partial charge is 0.330 e. The third-order valence-corrected chi connectivity index (χ3v) is 6.20. The highest BCUT2D eigenvalue weighted by Crippen LogP contribution is 2.47. The number of amides is 2. The van der Waals surface area contributed by atoms with Crippen LogP contribution in [0.3, 0.4) is 0 Å². The minimum absolute atomic E-state index is 0.390. The molecule has 0 aromatic heterocycles. The lowest BCUT2D eigenvalue weighted by Crippen LogP contribution is -2.50. The number of urea groups is 1.